The molecule has 118 valence electrons. The second kappa shape index (κ2) is 4.68. The van der Waals surface area contributed by atoms with Gasteiger partial charge < -0.3 is 9.47 Å². The van der Waals surface area contributed by atoms with Gasteiger partial charge >= 0.3 is 5.91 Å². The van der Waals surface area contributed by atoms with Gasteiger partial charge in [-0.05, 0) is 26.7 Å². The number of nitriles is 2. The molecule has 2 aliphatic carbocycles. The minimum atomic E-state index is -1.32. The van der Waals surface area contributed by atoms with Crippen molar-refractivity contribution in [1.82, 2.24) is 0 Å². The maximum atomic E-state index is 10.1. The zero-order chi connectivity index (χ0) is 16.1. The van der Waals surface area contributed by atoms with E-state index in [9.17, 15) is 10.5 Å². The molecule has 1 spiro atoms. The van der Waals surface area contributed by atoms with Crippen LogP contribution in [0, 0.1) is 38.9 Å². The summed E-state index contributed by atoms with van der Waals surface area (Å²) in [6.45, 7) is 4.46. The number of amidine groups is 1. The molecule has 2 saturated carbocycles. The smallest absolute Gasteiger partial charge is 0.314 e. The van der Waals surface area contributed by atoms with Gasteiger partial charge in [-0.1, -0.05) is 19.3 Å². The highest BCUT2D eigenvalue weighted by molar-refractivity contribution is 5.95. The summed E-state index contributed by atoms with van der Waals surface area (Å²) < 4.78 is 11.8. The van der Waals surface area contributed by atoms with E-state index >= 15 is 0 Å². The Morgan fingerprint density at radius 2 is 1.68 bits per heavy atom. The fourth-order valence-electron chi connectivity index (χ4n) is 5.24. The second-order valence-corrected chi connectivity index (χ2v) is 6.39. The van der Waals surface area contributed by atoms with Crippen LogP contribution in [0.3, 0.4) is 0 Å². The van der Waals surface area contributed by atoms with Crippen molar-refractivity contribution in [3.05, 3.63) is 0 Å². The van der Waals surface area contributed by atoms with Crippen molar-refractivity contribution in [3.8, 4) is 12.1 Å². The predicted molar refractivity (Wildman–Crippen MR) is 77.8 cm³/mol. The maximum absolute atomic E-state index is 10.1. The van der Waals surface area contributed by atoms with Gasteiger partial charge in [-0.2, -0.15) is 10.5 Å². The number of hydrogen-bond donors (Lipinski definition) is 2. The van der Waals surface area contributed by atoms with Crippen molar-refractivity contribution in [2.45, 2.75) is 51.9 Å². The molecule has 3 aliphatic rings. The van der Waals surface area contributed by atoms with E-state index in [2.05, 4.69) is 17.1 Å². The molecule has 2 fully saturated rings. The van der Waals surface area contributed by atoms with Gasteiger partial charge in [-0.25, -0.2) is 4.99 Å². The van der Waals surface area contributed by atoms with E-state index in [-0.39, 0.29) is 0 Å². The second-order valence-electron chi connectivity index (χ2n) is 6.39. The van der Waals surface area contributed by atoms with E-state index in [0.717, 1.165) is 32.1 Å². The van der Waals surface area contributed by atoms with Gasteiger partial charge in [0.25, 0.3) is 5.84 Å². The van der Waals surface area contributed by atoms with Crippen molar-refractivity contribution in [2.75, 3.05) is 13.2 Å². The summed E-state index contributed by atoms with van der Waals surface area (Å²) in [5, 5.41) is 20.1. The standard InChI is InChI=1S/C16H22N4O2/c1-3-21-16(22-4-2)15(11-18)13(8-6-5-7-9-13)14(15,10-17)12(19)20-16/h3-9H2,1-2H3,(H2,19,20)/p+1/t14-,15+/m0/s1. The maximum Gasteiger partial charge on any atom is 0.343 e. The molecule has 3 N–H and O–H groups in total. The fraction of sp³-hybridized carbons (Fsp3) is 0.812. The molecule has 1 heterocycles. The van der Waals surface area contributed by atoms with Crippen LogP contribution < -0.4 is 10.7 Å². The van der Waals surface area contributed by atoms with Gasteiger partial charge in [0.05, 0.1) is 25.4 Å². The number of ether oxygens (including phenoxy) is 2. The number of fused-ring (bicyclic) bond motifs is 3. The van der Waals surface area contributed by atoms with Gasteiger partial charge in [-0.3, -0.25) is 5.73 Å². The van der Waals surface area contributed by atoms with E-state index in [1.807, 2.05) is 13.8 Å². The van der Waals surface area contributed by atoms with Gasteiger partial charge in [-0.15, -0.1) is 0 Å². The van der Waals surface area contributed by atoms with E-state index in [1.165, 1.54) is 0 Å². The Hall–Kier alpha value is -1.63. The molecule has 0 amide bonds. The van der Waals surface area contributed by atoms with Crippen LogP contribution in [0.5, 0.6) is 0 Å². The van der Waals surface area contributed by atoms with Crippen LogP contribution in [0.15, 0.2) is 0 Å². The molecule has 0 saturated heterocycles. The van der Waals surface area contributed by atoms with Crippen LogP contribution in [-0.2, 0) is 9.47 Å². The first-order valence-corrected chi connectivity index (χ1v) is 8.09. The van der Waals surface area contributed by atoms with Crippen molar-refractivity contribution in [1.29, 1.82) is 10.5 Å². The van der Waals surface area contributed by atoms with E-state index in [0.29, 0.717) is 19.0 Å². The Balaban J connectivity index is 2.21. The van der Waals surface area contributed by atoms with Gasteiger partial charge in [0.15, 0.2) is 10.8 Å². The summed E-state index contributed by atoms with van der Waals surface area (Å²) >= 11 is 0. The minimum Gasteiger partial charge on any atom is -0.314 e. The molecule has 0 aromatic heterocycles. The number of rotatable bonds is 4. The lowest BCUT2D eigenvalue weighted by atomic mass is 9.76. The first-order chi connectivity index (χ1) is 10.6. The lowest BCUT2D eigenvalue weighted by Crippen LogP contribution is -2.91. The molecule has 0 radical (unpaired) electrons. The molecule has 22 heavy (non-hydrogen) atoms. The largest absolute Gasteiger partial charge is 0.343 e. The number of hydrogen-bond acceptors (Lipinski definition) is 5. The summed E-state index contributed by atoms with van der Waals surface area (Å²) in [7, 11) is 0. The SMILES string of the molecule is CCOC1(OCC)[NH+]=C(N)[C@@]2(C#N)C3(CCCCC3)[C@@]12C#N. The van der Waals surface area contributed by atoms with Crippen LogP contribution in [0.1, 0.15) is 46.0 Å². The van der Waals surface area contributed by atoms with Crippen molar-refractivity contribution in [2.24, 2.45) is 22.0 Å². The number of nitrogens with zero attached hydrogens (tertiary/aromatic N) is 2. The average molecular weight is 303 g/mol. The monoisotopic (exact) mass is 303 g/mol. The average Bonchev–Trinajstić information content (AvgIpc) is 2.94. The summed E-state index contributed by atoms with van der Waals surface area (Å²) in [6.07, 6.45) is 4.79. The van der Waals surface area contributed by atoms with Crippen LogP contribution in [0.2, 0.25) is 0 Å². The third kappa shape index (κ3) is 1.22. The molecule has 2 atom stereocenters. The van der Waals surface area contributed by atoms with Crippen molar-refractivity contribution >= 4 is 5.84 Å². The predicted octanol–water partition coefficient (Wildman–Crippen LogP) is 0.149. The molecular weight excluding hydrogens is 280 g/mol. The molecular formula is C16H23N4O2+. The molecule has 6 heteroatoms. The molecule has 0 aromatic carbocycles. The summed E-state index contributed by atoms with van der Waals surface area (Å²) in [6, 6.07) is 4.80. The quantitative estimate of drug-likeness (QED) is 0.719. The third-order valence-corrected chi connectivity index (χ3v) is 5.87. The van der Waals surface area contributed by atoms with Crippen LogP contribution >= 0.6 is 0 Å². The molecule has 6 nitrogen and oxygen atoms in total. The number of nitrogens with one attached hydrogen (secondary N) is 1. The normalized spacial score (nSPS) is 37.0. The van der Waals surface area contributed by atoms with Crippen LogP contribution in [0.4, 0.5) is 0 Å². The lowest BCUT2D eigenvalue weighted by Gasteiger charge is -2.34. The third-order valence-electron chi connectivity index (χ3n) is 5.87. The first-order valence-electron chi connectivity index (χ1n) is 8.09. The summed E-state index contributed by atoms with van der Waals surface area (Å²) in [4.78, 5) is 3.03. The summed E-state index contributed by atoms with van der Waals surface area (Å²) in [5.74, 6) is -0.983. The molecule has 0 bridgehead atoms. The first kappa shape index (κ1) is 15.3. The van der Waals surface area contributed by atoms with Gasteiger partial charge in [0, 0.05) is 5.41 Å². The molecule has 0 unspecified atom stereocenters. The Morgan fingerprint density at radius 1 is 1.09 bits per heavy atom. The highest BCUT2D eigenvalue weighted by Gasteiger charge is 3.03. The Labute approximate surface area is 130 Å². The molecule has 1 aliphatic heterocycles. The minimum absolute atomic E-state index is 0.334. The topological polar surface area (TPSA) is 106 Å². The van der Waals surface area contributed by atoms with Gasteiger partial charge in [0.2, 0.25) is 0 Å². The fourth-order valence-corrected chi connectivity index (χ4v) is 5.24. The van der Waals surface area contributed by atoms with E-state index < -0.39 is 22.2 Å². The van der Waals surface area contributed by atoms with Crippen LogP contribution in [-0.4, -0.2) is 25.0 Å². The Kier molecular flexibility index (Phi) is 3.25. The van der Waals surface area contributed by atoms with Gasteiger partial charge in [0.1, 0.15) is 0 Å². The van der Waals surface area contributed by atoms with E-state index in [1.54, 1.807) is 0 Å². The van der Waals surface area contributed by atoms with Crippen molar-refractivity contribution in [3.63, 3.8) is 0 Å². The highest BCUT2D eigenvalue weighted by Crippen LogP contribution is 2.86. The Bertz CT molecular complexity index is 590. The highest BCUT2D eigenvalue weighted by atomic mass is 16.7. The Morgan fingerprint density at radius 3 is 2.14 bits per heavy atom. The van der Waals surface area contributed by atoms with Crippen molar-refractivity contribution < 1.29 is 14.5 Å². The van der Waals surface area contributed by atoms with Crippen LogP contribution in [0.25, 0.3) is 0 Å². The lowest BCUT2D eigenvalue weighted by molar-refractivity contribution is -0.695. The number of nitrogens with two attached hydrogens (primary N) is 1. The van der Waals surface area contributed by atoms with E-state index in [4.69, 9.17) is 15.2 Å². The molecule has 0 aromatic rings. The molecule has 3 rings (SSSR count). The summed E-state index contributed by atoms with van der Waals surface area (Å²) in [5.41, 5.74) is 3.70. The zero-order valence-electron chi connectivity index (χ0n) is 13.2. The zero-order valence-corrected chi connectivity index (χ0v) is 13.2.